The molecule has 13 heavy (non-hydrogen) atoms. The molecule has 3 N–H and O–H groups in total. The highest BCUT2D eigenvalue weighted by atomic mass is 32.2. The zero-order valence-corrected chi connectivity index (χ0v) is 7.74. The molecule has 0 aliphatic rings. The highest BCUT2D eigenvalue weighted by Gasteiger charge is 2.16. The number of aliphatic hydroxyl groups excluding tert-OH is 1. The van der Waals surface area contributed by atoms with Crippen LogP contribution in [-0.2, 0) is 9.84 Å². The van der Waals surface area contributed by atoms with E-state index in [1.54, 1.807) is 18.2 Å². The molecule has 0 saturated carbocycles. The maximum atomic E-state index is 11.4. The molecule has 0 radical (unpaired) electrons. The molecule has 1 rings (SSSR count). The zero-order valence-electron chi connectivity index (χ0n) is 6.92. The molecule has 0 aromatic heterocycles. The maximum Gasteiger partial charge on any atom is 0.182 e. The third-order valence-electron chi connectivity index (χ3n) is 1.49. The molecule has 72 valence electrons. The first-order chi connectivity index (χ1) is 6.02. The number of hydrogen-bond acceptors (Lipinski definition) is 4. The molecular formula is C8H11NO3S. The van der Waals surface area contributed by atoms with E-state index < -0.39 is 21.8 Å². The van der Waals surface area contributed by atoms with Gasteiger partial charge in [0.15, 0.2) is 9.84 Å². The average molecular weight is 201 g/mol. The SMILES string of the molecule is NC(O)CS(=O)(=O)c1ccccc1. The van der Waals surface area contributed by atoms with Crippen LogP contribution in [0.4, 0.5) is 0 Å². The van der Waals surface area contributed by atoms with Gasteiger partial charge < -0.3 is 10.8 Å². The van der Waals surface area contributed by atoms with Crippen LogP contribution in [0.5, 0.6) is 0 Å². The summed E-state index contributed by atoms with van der Waals surface area (Å²) in [5.41, 5.74) is 4.99. The van der Waals surface area contributed by atoms with Gasteiger partial charge in [-0.05, 0) is 12.1 Å². The van der Waals surface area contributed by atoms with Crippen molar-refractivity contribution in [1.29, 1.82) is 0 Å². The molecule has 5 heteroatoms. The number of sulfone groups is 1. The van der Waals surface area contributed by atoms with E-state index in [1.165, 1.54) is 12.1 Å². The fraction of sp³-hybridized carbons (Fsp3) is 0.250. The standard InChI is InChI=1S/C8H11NO3S/c9-8(10)6-13(11,12)7-4-2-1-3-5-7/h1-5,8,10H,6,9H2. The van der Waals surface area contributed by atoms with Crippen molar-refractivity contribution in [3.8, 4) is 0 Å². The Morgan fingerprint density at radius 1 is 1.31 bits per heavy atom. The Morgan fingerprint density at radius 3 is 2.31 bits per heavy atom. The Morgan fingerprint density at radius 2 is 1.85 bits per heavy atom. The Bertz CT molecular complexity index is 358. The maximum absolute atomic E-state index is 11.4. The van der Waals surface area contributed by atoms with E-state index in [0.717, 1.165) is 0 Å². The van der Waals surface area contributed by atoms with Gasteiger partial charge in [-0.3, -0.25) is 0 Å². The molecule has 4 nitrogen and oxygen atoms in total. The van der Waals surface area contributed by atoms with E-state index in [0.29, 0.717) is 0 Å². The van der Waals surface area contributed by atoms with Crippen molar-refractivity contribution >= 4 is 9.84 Å². The number of rotatable bonds is 3. The Labute approximate surface area is 76.9 Å². The summed E-state index contributed by atoms with van der Waals surface area (Å²) in [5.74, 6) is -0.447. The molecule has 0 aliphatic heterocycles. The van der Waals surface area contributed by atoms with Crippen molar-refractivity contribution in [2.24, 2.45) is 5.73 Å². The van der Waals surface area contributed by atoms with Crippen LogP contribution in [0, 0.1) is 0 Å². The summed E-state index contributed by atoms with van der Waals surface area (Å²) >= 11 is 0. The molecule has 0 spiro atoms. The third-order valence-corrected chi connectivity index (χ3v) is 3.26. The fourth-order valence-electron chi connectivity index (χ4n) is 0.949. The summed E-state index contributed by atoms with van der Waals surface area (Å²) in [4.78, 5) is 0.180. The van der Waals surface area contributed by atoms with Crippen LogP contribution >= 0.6 is 0 Å². The second kappa shape index (κ2) is 3.87. The van der Waals surface area contributed by atoms with E-state index >= 15 is 0 Å². The van der Waals surface area contributed by atoms with Crippen molar-refractivity contribution in [2.45, 2.75) is 11.1 Å². The monoisotopic (exact) mass is 201 g/mol. The van der Waals surface area contributed by atoms with Crippen molar-refractivity contribution in [2.75, 3.05) is 5.75 Å². The first kappa shape index (κ1) is 10.2. The van der Waals surface area contributed by atoms with Crippen LogP contribution in [-0.4, -0.2) is 25.5 Å². The van der Waals surface area contributed by atoms with Crippen molar-refractivity contribution in [3.05, 3.63) is 30.3 Å². The first-order valence-electron chi connectivity index (χ1n) is 3.74. The van der Waals surface area contributed by atoms with E-state index in [2.05, 4.69) is 0 Å². The lowest BCUT2D eigenvalue weighted by molar-refractivity contribution is 0.205. The van der Waals surface area contributed by atoms with Gasteiger partial charge in [-0.15, -0.1) is 0 Å². The normalized spacial score (nSPS) is 14.0. The minimum atomic E-state index is -3.43. The fourth-order valence-corrected chi connectivity index (χ4v) is 2.16. The molecule has 0 amide bonds. The molecule has 1 unspecified atom stereocenters. The van der Waals surface area contributed by atoms with Gasteiger partial charge in [0.05, 0.1) is 10.6 Å². The molecule has 0 fully saturated rings. The van der Waals surface area contributed by atoms with Crippen LogP contribution in [0.2, 0.25) is 0 Å². The van der Waals surface area contributed by atoms with Gasteiger partial charge >= 0.3 is 0 Å². The second-order valence-corrected chi connectivity index (χ2v) is 4.70. The Hall–Kier alpha value is -0.910. The van der Waals surface area contributed by atoms with Crippen molar-refractivity contribution in [3.63, 3.8) is 0 Å². The molecule has 0 aliphatic carbocycles. The van der Waals surface area contributed by atoms with Gasteiger partial charge in [0.2, 0.25) is 0 Å². The van der Waals surface area contributed by atoms with Crippen LogP contribution in [0.15, 0.2) is 35.2 Å². The largest absolute Gasteiger partial charge is 0.378 e. The van der Waals surface area contributed by atoms with Crippen molar-refractivity contribution in [1.82, 2.24) is 0 Å². The summed E-state index contributed by atoms with van der Waals surface area (Å²) in [7, 11) is -3.43. The number of nitrogens with two attached hydrogens (primary N) is 1. The lowest BCUT2D eigenvalue weighted by Crippen LogP contribution is -2.28. The van der Waals surface area contributed by atoms with E-state index in [1.807, 2.05) is 0 Å². The first-order valence-corrected chi connectivity index (χ1v) is 5.39. The minimum Gasteiger partial charge on any atom is -0.378 e. The van der Waals surface area contributed by atoms with Crippen LogP contribution in [0.25, 0.3) is 0 Å². The summed E-state index contributed by atoms with van der Waals surface area (Å²) < 4.78 is 22.8. The zero-order chi connectivity index (χ0) is 9.90. The topological polar surface area (TPSA) is 80.4 Å². The number of benzene rings is 1. The van der Waals surface area contributed by atoms with E-state index in [9.17, 15) is 8.42 Å². The molecule has 1 aromatic rings. The summed E-state index contributed by atoms with van der Waals surface area (Å²) in [6, 6.07) is 7.90. The molecule has 1 aromatic carbocycles. The lowest BCUT2D eigenvalue weighted by Gasteiger charge is -2.05. The summed E-state index contributed by atoms with van der Waals surface area (Å²) in [5, 5.41) is 8.75. The molecule has 0 bridgehead atoms. The van der Waals surface area contributed by atoms with Gasteiger partial charge in [0.1, 0.15) is 6.23 Å². The highest BCUT2D eigenvalue weighted by molar-refractivity contribution is 7.91. The van der Waals surface area contributed by atoms with E-state index in [4.69, 9.17) is 10.8 Å². The van der Waals surface area contributed by atoms with Gasteiger partial charge in [-0.25, -0.2) is 8.42 Å². The molecule has 1 atom stereocenters. The molecule has 0 heterocycles. The van der Waals surface area contributed by atoms with Gasteiger partial charge in [0.25, 0.3) is 0 Å². The highest BCUT2D eigenvalue weighted by Crippen LogP contribution is 2.09. The third kappa shape index (κ3) is 2.80. The Kier molecular flexibility index (Phi) is 3.02. The lowest BCUT2D eigenvalue weighted by atomic mass is 10.4. The predicted octanol–water partition coefficient (Wildman–Crippen LogP) is -0.263. The Balaban J connectivity index is 2.96. The summed E-state index contributed by atoms with van der Waals surface area (Å²) in [6.45, 7) is 0. The van der Waals surface area contributed by atoms with Gasteiger partial charge in [0, 0.05) is 0 Å². The van der Waals surface area contributed by atoms with Crippen LogP contribution < -0.4 is 5.73 Å². The van der Waals surface area contributed by atoms with Gasteiger partial charge in [-0.1, -0.05) is 18.2 Å². The quantitative estimate of drug-likeness (QED) is 0.660. The van der Waals surface area contributed by atoms with Crippen molar-refractivity contribution < 1.29 is 13.5 Å². The van der Waals surface area contributed by atoms with Crippen LogP contribution in [0.1, 0.15) is 0 Å². The molecule has 0 saturated heterocycles. The average Bonchev–Trinajstić information content (AvgIpc) is 2.04. The number of hydrogen-bond donors (Lipinski definition) is 2. The second-order valence-electron chi connectivity index (χ2n) is 2.66. The predicted molar refractivity (Wildman–Crippen MR) is 48.7 cm³/mol. The smallest absolute Gasteiger partial charge is 0.182 e. The minimum absolute atomic E-state index is 0.180. The summed E-state index contributed by atoms with van der Waals surface area (Å²) in [6.07, 6.45) is -1.33. The number of aliphatic hydroxyl groups is 1. The molecular weight excluding hydrogens is 190 g/mol. The van der Waals surface area contributed by atoms with Crippen LogP contribution in [0.3, 0.4) is 0 Å². The van der Waals surface area contributed by atoms with E-state index in [-0.39, 0.29) is 4.90 Å². The van der Waals surface area contributed by atoms with Gasteiger partial charge in [-0.2, -0.15) is 0 Å².